The van der Waals surface area contributed by atoms with Gasteiger partial charge in [-0.2, -0.15) is 0 Å². The molecule has 0 unspecified atom stereocenters. The fraction of sp³-hybridized carbons (Fsp3) is 0.111. The molecule has 0 aliphatic carbocycles. The van der Waals surface area contributed by atoms with Crippen LogP contribution in [0.5, 0.6) is 5.75 Å². The number of nitrogens with one attached hydrogen (secondary N) is 2. The van der Waals surface area contributed by atoms with E-state index in [4.69, 9.17) is 16.0 Å². The Morgan fingerprint density at radius 1 is 1.20 bits per heavy atom. The minimum absolute atomic E-state index is 0.0103. The maximum absolute atomic E-state index is 12.0. The Kier molecular flexibility index (Phi) is 5.02. The first-order valence-corrected chi connectivity index (χ1v) is 7.91. The van der Waals surface area contributed by atoms with Gasteiger partial charge in [0.25, 0.3) is 5.82 Å². The smallest absolute Gasteiger partial charge is 0.273 e. The van der Waals surface area contributed by atoms with E-state index in [0.29, 0.717) is 10.8 Å². The number of aliphatic hydroxyl groups is 1. The van der Waals surface area contributed by atoms with Gasteiger partial charge in [0.1, 0.15) is 12.4 Å². The zero-order valence-electron chi connectivity index (χ0n) is 13.1. The van der Waals surface area contributed by atoms with Gasteiger partial charge in [0.05, 0.1) is 6.20 Å². The Bertz CT molecular complexity index is 911. The van der Waals surface area contributed by atoms with Gasteiger partial charge >= 0.3 is 0 Å². The maximum Gasteiger partial charge on any atom is 0.273 e. The number of anilines is 1. The molecule has 7 heteroatoms. The fourth-order valence-corrected chi connectivity index (χ4v) is 2.55. The van der Waals surface area contributed by atoms with Crippen LogP contribution in [-0.2, 0) is 6.61 Å². The van der Waals surface area contributed by atoms with Crippen molar-refractivity contribution in [3.63, 3.8) is 0 Å². The molecule has 128 valence electrons. The van der Waals surface area contributed by atoms with Gasteiger partial charge < -0.3 is 14.6 Å². The summed E-state index contributed by atoms with van der Waals surface area (Å²) in [6.45, 7) is -0.451. The van der Waals surface area contributed by atoms with Crippen LogP contribution in [-0.4, -0.2) is 10.2 Å². The van der Waals surface area contributed by atoms with E-state index >= 15 is 0 Å². The van der Waals surface area contributed by atoms with E-state index in [2.05, 4.69) is 10.3 Å². The number of pyridine rings is 1. The summed E-state index contributed by atoms with van der Waals surface area (Å²) in [5.41, 5.74) is 0.0956. The van der Waals surface area contributed by atoms with Crippen LogP contribution in [0.4, 0.5) is 5.82 Å². The highest BCUT2D eigenvalue weighted by Gasteiger charge is 2.27. The first kappa shape index (κ1) is 17.0. The molecule has 3 aromatic rings. The second-order valence-corrected chi connectivity index (χ2v) is 5.79. The lowest BCUT2D eigenvalue weighted by Crippen LogP contribution is -2.20. The standard InChI is InChI=1S/C18H15ClN2O4/c19-12-6-4-11(5-7-12)16(21-15-3-1-2-8-20-15)18-17(24)14(23)9-13(10-22)25-18/h1-9,16,22,24H,10H2,(H,20,21)/p+1/t16-/m0/s1. The third-order valence-electron chi connectivity index (χ3n) is 3.63. The van der Waals surface area contributed by atoms with Crippen molar-refractivity contribution in [1.82, 2.24) is 0 Å². The summed E-state index contributed by atoms with van der Waals surface area (Å²) in [4.78, 5) is 15.0. The van der Waals surface area contributed by atoms with Crippen molar-refractivity contribution in [3.05, 3.63) is 87.1 Å². The Morgan fingerprint density at radius 3 is 2.60 bits per heavy atom. The van der Waals surface area contributed by atoms with E-state index in [0.717, 1.165) is 11.6 Å². The molecule has 2 aromatic heterocycles. The number of benzene rings is 1. The normalized spacial score (nSPS) is 11.9. The van der Waals surface area contributed by atoms with Gasteiger partial charge in [0.15, 0.2) is 11.8 Å². The zero-order chi connectivity index (χ0) is 17.8. The van der Waals surface area contributed by atoms with Crippen LogP contribution < -0.4 is 15.7 Å². The minimum atomic E-state index is -0.671. The molecule has 0 aliphatic heterocycles. The van der Waals surface area contributed by atoms with Crippen molar-refractivity contribution in [2.45, 2.75) is 12.6 Å². The van der Waals surface area contributed by atoms with Crippen molar-refractivity contribution >= 4 is 17.4 Å². The van der Waals surface area contributed by atoms with Crippen LogP contribution in [0, 0.1) is 0 Å². The first-order valence-electron chi connectivity index (χ1n) is 7.54. The number of rotatable bonds is 5. The SMILES string of the molecule is O=c1cc(CO)oc([C@@H](Nc2cccc[nH+]2)c2ccc(Cl)cc2)c1O. The highest BCUT2D eigenvalue weighted by Crippen LogP contribution is 2.31. The second kappa shape index (κ2) is 7.38. The van der Waals surface area contributed by atoms with E-state index in [1.807, 2.05) is 12.1 Å². The molecule has 4 N–H and O–H groups in total. The first-order chi connectivity index (χ1) is 12.1. The predicted octanol–water partition coefficient (Wildman–Crippen LogP) is 2.51. The summed E-state index contributed by atoms with van der Waals surface area (Å²) >= 11 is 5.94. The second-order valence-electron chi connectivity index (χ2n) is 5.35. The van der Waals surface area contributed by atoms with Gasteiger partial charge in [0, 0.05) is 22.7 Å². The number of aromatic hydroxyl groups is 1. The van der Waals surface area contributed by atoms with Crippen LogP contribution in [0.25, 0.3) is 0 Å². The summed E-state index contributed by atoms with van der Waals surface area (Å²) in [7, 11) is 0. The molecule has 2 heterocycles. The van der Waals surface area contributed by atoms with Crippen LogP contribution in [0.3, 0.4) is 0 Å². The van der Waals surface area contributed by atoms with Gasteiger partial charge in [0.2, 0.25) is 11.2 Å². The molecule has 0 spiro atoms. The van der Waals surface area contributed by atoms with Crippen LogP contribution >= 0.6 is 11.6 Å². The monoisotopic (exact) mass is 359 g/mol. The molecule has 1 aromatic carbocycles. The molecule has 3 rings (SSSR count). The largest absolute Gasteiger partial charge is 0.502 e. The molecular weight excluding hydrogens is 344 g/mol. The van der Waals surface area contributed by atoms with E-state index in [1.54, 1.807) is 36.5 Å². The zero-order valence-corrected chi connectivity index (χ0v) is 13.8. The van der Waals surface area contributed by atoms with Crippen molar-refractivity contribution in [2.75, 3.05) is 5.32 Å². The average Bonchev–Trinajstić information content (AvgIpc) is 2.64. The lowest BCUT2D eigenvalue weighted by atomic mass is 10.0. The topological polar surface area (TPSA) is 96.8 Å². The molecule has 6 nitrogen and oxygen atoms in total. The van der Waals surface area contributed by atoms with Crippen LogP contribution in [0.2, 0.25) is 5.02 Å². The van der Waals surface area contributed by atoms with Gasteiger partial charge in [-0.05, 0) is 18.2 Å². The molecule has 0 bridgehead atoms. The van der Waals surface area contributed by atoms with Crippen LogP contribution in [0.15, 0.2) is 63.9 Å². The van der Waals surface area contributed by atoms with Crippen molar-refractivity contribution < 1.29 is 19.6 Å². The van der Waals surface area contributed by atoms with Gasteiger partial charge in [-0.3, -0.25) is 10.1 Å². The highest BCUT2D eigenvalue weighted by molar-refractivity contribution is 6.30. The third-order valence-corrected chi connectivity index (χ3v) is 3.88. The van der Waals surface area contributed by atoms with E-state index in [9.17, 15) is 15.0 Å². The number of aromatic nitrogens is 1. The van der Waals surface area contributed by atoms with Crippen molar-refractivity contribution in [1.29, 1.82) is 0 Å². The number of H-pyrrole nitrogens is 1. The summed E-state index contributed by atoms with van der Waals surface area (Å²) in [6, 6.07) is 12.8. The van der Waals surface area contributed by atoms with Crippen molar-refractivity contribution in [2.24, 2.45) is 0 Å². The van der Waals surface area contributed by atoms with Crippen LogP contribution in [0.1, 0.15) is 23.1 Å². The number of halogens is 1. The number of hydrogen-bond acceptors (Lipinski definition) is 5. The summed E-state index contributed by atoms with van der Waals surface area (Å²) in [6.07, 6.45) is 1.74. The van der Waals surface area contributed by atoms with Gasteiger partial charge in [-0.25, -0.2) is 4.98 Å². The average molecular weight is 360 g/mol. The summed E-state index contributed by atoms with van der Waals surface area (Å²) in [5.74, 6) is 0.214. The predicted molar refractivity (Wildman–Crippen MR) is 92.5 cm³/mol. The lowest BCUT2D eigenvalue weighted by molar-refractivity contribution is -0.361. The lowest BCUT2D eigenvalue weighted by Gasteiger charge is -2.16. The molecule has 0 fully saturated rings. The minimum Gasteiger partial charge on any atom is -0.502 e. The Morgan fingerprint density at radius 2 is 1.96 bits per heavy atom. The van der Waals surface area contributed by atoms with E-state index in [1.165, 1.54) is 0 Å². The fourth-order valence-electron chi connectivity index (χ4n) is 2.42. The summed E-state index contributed by atoms with van der Waals surface area (Å²) < 4.78 is 5.55. The number of aromatic amines is 1. The molecule has 1 atom stereocenters. The molecule has 0 saturated heterocycles. The van der Waals surface area contributed by atoms with Crippen molar-refractivity contribution in [3.8, 4) is 5.75 Å². The third kappa shape index (κ3) is 3.81. The Labute approximate surface area is 148 Å². The Balaban J connectivity index is 2.12. The molecule has 0 amide bonds. The highest BCUT2D eigenvalue weighted by atomic mass is 35.5. The number of aliphatic hydroxyl groups excluding tert-OH is 1. The van der Waals surface area contributed by atoms with E-state index < -0.39 is 23.8 Å². The van der Waals surface area contributed by atoms with E-state index in [-0.39, 0.29) is 11.5 Å². The molecule has 25 heavy (non-hydrogen) atoms. The maximum atomic E-state index is 12.0. The summed E-state index contributed by atoms with van der Waals surface area (Å²) in [5, 5.41) is 23.3. The molecule has 0 saturated carbocycles. The molecule has 0 aliphatic rings. The molecular formula is C18H16ClN2O4+. The van der Waals surface area contributed by atoms with Gasteiger partial charge in [-0.15, -0.1) is 0 Å². The van der Waals surface area contributed by atoms with Gasteiger partial charge in [-0.1, -0.05) is 29.8 Å². The molecule has 0 radical (unpaired) electrons. The number of hydrogen-bond donors (Lipinski definition) is 3. The Hall–Kier alpha value is -2.83. The quantitative estimate of drug-likeness (QED) is 0.650.